The molecule has 0 aliphatic carbocycles. The second-order valence-corrected chi connectivity index (χ2v) is 5.35. The zero-order valence-electron chi connectivity index (χ0n) is 7.62. The van der Waals surface area contributed by atoms with E-state index in [-0.39, 0.29) is 0 Å². The summed E-state index contributed by atoms with van der Waals surface area (Å²) in [7, 11) is 1.78. The Balaban J connectivity index is 2.58. The van der Waals surface area contributed by atoms with E-state index in [1.807, 2.05) is 23.5 Å². The average molecular weight is 204 g/mol. The van der Waals surface area contributed by atoms with Crippen molar-refractivity contribution in [2.24, 2.45) is 10.7 Å². The molecule has 2 atom stereocenters. The maximum Gasteiger partial charge on any atom is 0.108 e. The number of hydrogen-bond donors (Lipinski definition) is 1. The van der Waals surface area contributed by atoms with E-state index in [2.05, 4.69) is 11.9 Å². The fraction of sp³-hybridized carbons (Fsp3) is 0.875. The molecule has 1 saturated heterocycles. The number of hydrogen-bond acceptors (Lipinski definition) is 3. The lowest BCUT2D eigenvalue weighted by atomic mass is 10.2. The molecule has 1 heterocycles. The summed E-state index contributed by atoms with van der Waals surface area (Å²) in [6, 6.07) is 0. The number of nitrogens with two attached hydrogens (primary N) is 1. The van der Waals surface area contributed by atoms with Crippen molar-refractivity contribution < 1.29 is 0 Å². The molecule has 1 rings (SSSR count). The van der Waals surface area contributed by atoms with Gasteiger partial charge in [0.2, 0.25) is 0 Å². The molecule has 4 heteroatoms. The molecule has 2 N–H and O–H groups in total. The monoisotopic (exact) mass is 204 g/mol. The summed E-state index contributed by atoms with van der Waals surface area (Å²) in [4.78, 5) is 4.07. The largest absolute Gasteiger partial charge is 0.387 e. The van der Waals surface area contributed by atoms with Gasteiger partial charge >= 0.3 is 0 Å². The minimum absolute atomic E-state index is 0.457. The smallest absolute Gasteiger partial charge is 0.108 e. The van der Waals surface area contributed by atoms with Gasteiger partial charge in [-0.2, -0.15) is 11.8 Å². The zero-order chi connectivity index (χ0) is 8.97. The van der Waals surface area contributed by atoms with Crippen LogP contribution in [0.3, 0.4) is 0 Å². The minimum atomic E-state index is 0.457. The number of thioether (sulfide) groups is 2. The Morgan fingerprint density at radius 3 is 2.75 bits per heavy atom. The molecule has 0 bridgehead atoms. The molecule has 0 radical (unpaired) electrons. The zero-order valence-corrected chi connectivity index (χ0v) is 9.25. The maximum absolute atomic E-state index is 5.83. The molecule has 0 amide bonds. The van der Waals surface area contributed by atoms with E-state index >= 15 is 0 Å². The summed E-state index contributed by atoms with van der Waals surface area (Å²) >= 11 is 3.99. The highest BCUT2D eigenvalue weighted by Crippen LogP contribution is 2.33. The normalized spacial score (nSPS) is 32.0. The topological polar surface area (TPSA) is 38.4 Å². The van der Waals surface area contributed by atoms with Crippen LogP contribution in [0.4, 0.5) is 0 Å². The summed E-state index contributed by atoms with van der Waals surface area (Å²) in [5.74, 6) is 3.29. The Bertz CT molecular complexity index is 170. The van der Waals surface area contributed by atoms with Gasteiger partial charge in [0, 0.05) is 23.8 Å². The van der Waals surface area contributed by atoms with E-state index < -0.39 is 0 Å². The van der Waals surface area contributed by atoms with Crippen molar-refractivity contribution >= 4 is 29.4 Å². The van der Waals surface area contributed by atoms with Gasteiger partial charge in [0.15, 0.2) is 0 Å². The van der Waals surface area contributed by atoms with Gasteiger partial charge in [-0.15, -0.1) is 11.8 Å². The molecule has 0 aromatic heterocycles. The number of rotatable bonds is 2. The van der Waals surface area contributed by atoms with Crippen LogP contribution in [0.25, 0.3) is 0 Å². The van der Waals surface area contributed by atoms with E-state index in [0.29, 0.717) is 10.5 Å². The highest BCUT2D eigenvalue weighted by molar-refractivity contribution is 8.07. The lowest BCUT2D eigenvalue weighted by Gasteiger charge is -2.29. The van der Waals surface area contributed by atoms with Crippen molar-refractivity contribution in [3.63, 3.8) is 0 Å². The highest BCUT2D eigenvalue weighted by atomic mass is 32.2. The fourth-order valence-electron chi connectivity index (χ4n) is 1.30. The van der Waals surface area contributed by atoms with Crippen LogP contribution in [0.5, 0.6) is 0 Å². The molecule has 2 nitrogen and oxygen atoms in total. The van der Waals surface area contributed by atoms with Crippen LogP contribution >= 0.6 is 23.5 Å². The predicted molar refractivity (Wildman–Crippen MR) is 60.3 cm³/mol. The van der Waals surface area contributed by atoms with Crippen molar-refractivity contribution in [3.05, 3.63) is 0 Å². The van der Waals surface area contributed by atoms with Gasteiger partial charge in [0.1, 0.15) is 5.84 Å². The maximum atomic E-state index is 5.83. The van der Waals surface area contributed by atoms with Crippen molar-refractivity contribution in [1.82, 2.24) is 0 Å². The van der Waals surface area contributed by atoms with Gasteiger partial charge in [0.05, 0.1) is 5.25 Å². The third-order valence-electron chi connectivity index (χ3n) is 2.00. The molecule has 1 aliphatic heterocycles. The Hall–Kier alpha value is 0.170. The SMILES string of the molecule is CCC1SCCSC1C(N)=NC. The second kappa shape index (κ2) is 5.02. The third-order valence-corrected chi connectivity index (χ3v) is 5.28. The Kier molecular flexibility index (Phi) is 4.29. The fourth-order valence-corrected chi connectivity index (χ4v) is 4.34. The number of amidine groups is 1. The van der Waals surface area contributed by atoms with Crippen molar-refractivity contribution in [3.8, 4) is 0 Å². The van der Waals surface area contributed by atoms with Crippen molar-refractivity contribution in [2.45, 2.75) is 23.8 Å². The van der Waals surface area contributed by atoms with Gasteiger partial charge in [-0.3, -0.25) is 4.99 Å². The Morgan fingerprint density at radius 2 is 2.17 bits per heavy atom. The van der Waals surface area contributed by atoms with Crippen molar-refractivity contribution in [1.29, 1.82) is 0 Å². The second-order valence-electron chi connectivity index (χ2n) is 2.76. The summed E-state index contributed by atoms with van der Waals surface area (Å²) in [6.07, 6.45) is 1.19. The molecular weight excluding hydrogens is 188 g/mol. The minimum Gasteiger partial charge on any atom is -0.387 e. The van der Waals surface area contributed by atoms with Gasteiger partial charge < -0.3 is 5.73 Å². The molecule has 0 aromatic rings. The van der Waals surface area contributed by atoms with E-state index in [9.17, 15) is 0 Å². The standard InChI is InChI=1S/C8H16N2S2/c1-3-6-7(8(9)10-2)12-5-4-11-6/h6-7H,3-5H2,1-2H3,(H2,9,10). The first kappa shape index (κ1) is 10.3. The van der Waals surface area contributed by atoms with Crippen LogP contribution in [0.15, 0.2) is 4.99 Å². The first-order valence-electron chi connectivity index (χ1n) is 4.25. The van der Waals surface area contributed by atoms with Crippen LogP contribution in [0, 0.1) is 0 Å². The van der Waals surface area contributed by atoms with Crippen LogP contribution in [-0.4, -0.2) is 34.9 Å². The molecule has 1 fully saturated rings. The number of aliphatic imine (C=N–C) groups is 1. The number of nitrogens with zero attached hydrogens (tertiary/aromatic N) is 1. The molecule has 0 aromatic carbocycles. The average Bonchev–Trinajstić information content (AvgIpc) is 2.16. The first-order valence-corrected chi connectivity index (χ1v) is 6.34. The molecule has 0 saturated carbocycles. The molecule has 1 aliphatic rings. The molecule has 70 valence electrons. The van der Waals surface area contributed by atoms with Crippen LogP contribution in [0.2, 0.25) is 0 Å². The molecule has 0 spiro atoms. The summed E-state index contributed by atoms with van der Waals surface area (Å²) in [5.41, 5.74) is 5.83. The highest BCUT2D eigenvalue weighted by Gasteiger charge is 2.27. The molecule has 2 unspecified atom stereocenters. The quantitative estimate of drug-likeness (QED) is 0.548. The predicted octanol–water partition coefficient (Wildman–Crippen LogP) is 1.60. The van der Waals surface area contributed by atoms with Crippen LogP contribution in [0.1, 0.15) is 13.3 Å². The van der Waals surface area contributed by atoms with E-state index in [4.69, 9.17) is 5.73 Å². The van der Waals surface area contributed by atoms with E-state index in [1.165, 1.54) is 17.9 Å². The Labute approximate surface area is 82.8 Å². The van der Waals surface area contributed by atoms with Crippen molar-refractivity contribution in [2.75, 3.05) is 18.6 Å². The lowest BCUT2D eigenvalue weighted by Crippen LogP contribution is -2.37. The van der Waals surface area contributed by atoms with Gasteiger partial charge in [-0.1, -0.05) is 6.92 Å². The third kappa shape index (κ3) is 2.33. The van der Waals surface area contributed by atoms with E-state index in [1.54, 1.807) is 7.05 Å². The first-order chi connectivity index (χ1) is 5.79. The van der Waals surface area contributed by atoms with E-state index in [0.717, 1.165) is 5.84 Å². The molecule has 12 heavy (non-hydrogen) atoms. The van der Waals surface area contributed by atoms with Crippen LogP contribution < -0.4 is 5.73 Å². The summed E-state index contributed by atoms with van der Waals surface area (Å²) in [6.45, 7) is 2.22. The summed E-state index contributed by atoms with van der Waals surface area (Å²) in [5, 5.41) is 1.13. The lowest BCUT2D eigenvalue weighted by molar-refractivity contribution is 0.857. The Morgan fingerprint density at radius 1 is 1.50 bits per heavy atom. The van der Waals surface area contributed by atoms with Gasteiger partial charge in [0.25, 0.3) is 0 Å². The molecular formula is C8H16N2S2. The summed E-state index contributed by atoms with van der Waals surface area (Å²) < 4.78 is 0. The van der Waals surface area contributed by atoms with Gasteiger partial charge in [-0.05, 0) is 6.42 Å². The van der Waals surface area contributed by atoms with Gasteiger partial charge in [-0.25, -0.2) is 0 Å². The van der Waals surface area contributed by atoms with Crippen LogP contribution in [-0.2, 0) is 0 Å².